The third kappa shape index (κ3) is 7.07. The molecule has 0 saturated carbocycles. The molecule has 2 rings (SSSR count). The first-order valence-electron chi connectivity index (χ1n) is 11.3. The maximum absolute atomic E-state index is 12.8. The number of hydrogen-bond acceptors (Lipinski definition) is 8. The van der Waals surface area contributed by atoms with Crippen molar-refractivity contribution in [3.8, 4) is 0 Å². The van der Waals surface area contributed by atoms with Gasteiger partial charge in [0.1, 0.15) is 11.6 Å². The molecular formula is C24H34N2O8. The van der Waals surface area contributed by atoms with Crippen LogP contribution in [0.5, 0.6) is 0 Å². The number of hydrogen-bond donors (Lipinski definition) is 0. The number of carbonyl (C=O) groups is 5. The molecule has 0 aromatic rings. The van der Waals surface area contributed by atoms with Gasteiger partial charge >= 0.3 is 5.97 Å². The summed E-state index contributed by atoms with van der Waals surface area (Å²) in [5.74, 6) is -2.91. The highest BCUT2D eigenvalue weighted by Gasteiger charge is 2.40. The van der Waals surface area contributed by atoms with Gasteiger partial charge in [-0.25, -0.2) is 4.79 Å². The van der Waals surface area contributed by atoms with Crippen molar-refractivity contribution < 1.29 is 38.8 Å². The monoisotopic (exact) mass is 478 g/mol. The summed E-state index contributed by atoms with van der Waals surface area (Å²) in [5.41, 5.74) is -0.246. The van der Waals surface area contributed by atoms with Crippen LogP contribution in [0.25, 0.3) is 0 Å². The van der Waals surface area contributed by atoms with Crippen molar-refractivity contribution >= 4 is 29.6 Å². The third-order valence-corrected chi connectivity index (χ3v) is 5.35. The van der Waals surface area contributed by atoms with Gasteiger partial charge in [-0.2, -0.15) is 4.89 Å². The van der Waals surface area contributed by atoms with Gasteiger partial charge in [0, 0.05) is 29.8 Å². The molecule has 10 nitrogen and oxygen atoms in total. The number of amides is 4. The van der Waals surface area contributed by atoms with Gasteiger partial charge in [0.15, 0.2) is 0 Å². The van der Waals surface area contributed by atoms with Gasteiger partial charge in [0.05, 0.1) is 0 Å². The Morgan fingerprint density at radius 2 is 1.50 bits per heavy atom. The molecule has 0 aliphatic carbocycles. The van der Waals surface area contributed by atoms with Crippen molar-refractivity contribution in [2.24, 2.45) is 5.41 Å². The average Bonchev–Trinajstić information content (AvgIpc) is 3.07. The van der Waals surface area contributed by atoms with Gasteiger partial charge in [0.25, 0.3) is 23.6 Å². The predicted octanol–water partition coefficient (Wildman–Crippen LogP) is 2.78. The van der Waals surface area contributed by atoms with Crippen LogP contribution in [0, 0.1) is 5.41 Å². The molecule has 2 heterocycles. The molecule has 0 fully saturated rings. The largest absolute Gasteiger partial charge is 0.368 e. The minimum atomic E-state index is -1.24. The Morgan fingerprint density at radius 3 is 2.00 bits per heavy atom. The second-order valence-electron chi connectivity index (χ2n) is 10.5. The summed E-state index contributed by atoms with van der Waals surface area (Å²) >= 11 is 0. The lowest BCUT2D eigenvalue weighted by Gasteiger charge is -2.30. The highest BCUT2D eigenvalue weighted by atomic mass is 17.5. The SMILES string of the molecule is CC1=CC(=O)N(CCCCC(C(=O)OOOC(C)(C)CC(C)(C)C)N2C(=O)C=C(C)C2=O)C1=O. The fourth-order valence-corrected chi connectivity index (χ4v) is 4.22. The van der Waals surface area contributed by atoms with Crippen LogP contribution < -0.4 is 0 Å². The molecule has 0 spiro atoms. The summed E-state index contributed by atoms with van der Waals surface area (Å²) in [6.07, 6.45) is 3.81. The number of imide groups is 2. The number of rotatable bonds is 11. The van der Waals surface area contributed by atoms with E-state index in [0.29, 0.717) is 24.8 Å². The zero-order chi connectivity index (χ0) is 25.8. The smallest absolute Gasteiger partial charge is 0.275 e. The van der Waals surface area contributed by atoms with Gasteiger partial charge in [0.2, 0.25) is 0 Å². The molecule has 0 radical (unpaired) electrons. The second kappa shape index (κ2) is 10.6. The maximum atomic E-state index is 12.8. The molecule has 10 heteroatoms. The van der Waals surface area contributed by atoms with E-state index in [0.717, 1.165) is 15.9 Å². The first-order valence-corrected chi connectivity index (χ1v) is 11.3. The fraction of sp³-hybridized carbons (Fsp3) is 0.625. The molecule has 0 aromatic carbocycles. The topological polar surface area (TPSA) is 120 Å². The molecular weight excluding hydrogens is 444 g/mol. The van der Waals surface area contributed by atoms with Crippen LogP contribution in [-0.4, -0.2) is 57.6 Å². The molecule has 1 atom stereocenters. The lowest BCUT2D eigenvalue weighted by atomic mass is 9.84. The van der Waals surface area contributed by atoms with E-state index in [9.17, 15) is 24.0 Å². The third-order valence-electron chi connectivity index (χ3n) is 5.35. The van der Waals surface area contributed by atoms with Gasteiger partial charge in [-0.3, -0.25) is 33.9 Å². The van der Waals surface area contributed by atoms with Crippen molar-refractivity contribution in [3.63, 3.8) is 0 Å². The van der Waals surface area contributed by atoms with E-state index in [1.165, 1.54) is 13.0 Å². The van der Waals surface area contributed by atoms with Crippen LogP contribution in [0.15, 0.2) is 23.3 Å². The lowest BCUT2D eigenvalue weighted by Crippen LogP contribution is -2.46. The van der Waals surface area contributed by atoms with Crippen LogP contribution in [0.3, 0.4) is 0 Å². The molecule has 0 bridgehead atoms. The van der Waals surface area contributed by atoms with E-state index >= 15 is 0 Å². The zero-order valence-electron chi connectivity index (χ0n) is 20.9. The first-order chi connectivity index (χ1) is 15.6. The molecule has 0 N–H and O–H groups in total. The Labute approximate surface area is 199 Å². The van der Waals surface area contributed by atoms with E-state index < -0.39 is 29.4 Å². The van der Waals surface area contributed by atoms with E-state index in [1.54, 1.807) is 20.8 Å². The summed E-state index contributed by atoms with van der Waals surface area (Å²) in [7, 11) is 0. The normalized spacial score (nSPS) is 18.0. The van der Waals surface area contributed by atoms with Crippen LogP contribution in [-0.2, 0) is 38.8 Å². The molecule has 2 aliphatic rings. The number of carbonyl (C=O) groups excluding carboxylic acids is 5. The Kier molecular flexibility index (Phi) is 8.54. The van der Waals surface area contributed by atoms with Gasteiger partial charge < -0.3 is 0 Å². The minimum absolute atomic E-state index is 0.0643. The van der Waals surface area contributed by atoms with Crippen LogP contribution in [0.2, 0.25) is 0 Å². The maximum Gasteiger partial charge on any atom is 0.368 e. The minimum Gasteiger partial charge on any atom is -0.275 e. The van der Waals surface area contributed by atoms with Crippen molar-refractivity contribution in [1.29, 1.82) is 0 Å². The van der Waals surface area contributed by atoms with Gasteiger partial charge in [-0.15, -0.1) is 0 Å². The quantitative estimate of drug-likeness (QED) is 0.192. The van der Waals surface area contributed by atoms with E-state index in [2.05, 4.69) is 0 Å². The molecule has 188 valence electrons. The van der Waals surface area contributed by atoms with Crippen molar-refractivity contribution in [3.05, 3.63) is 23.3 Å². The van der Waals surface area contributed by atoms with Gasteiger partial charge in [-0.05, 0) is 63.8 Å². The Hall–Kier alpha value is -2.85. The first kappa shape index (κ1) is 27.4. The highest BCUT2D eigenvalue weighted by Crippen LogP contribution is 2.30. The van der Waals surface area contributed by atoms with E-state index in [1.807, 2.05) is 20.8 Å². The van der Waals surface area contributed by atoms with Crippen LogP contribution in [0.1, 0.15) is 74.1 Å². The Morgan fingerprint density at radius 1 is 0.912 bits per heavy atom. The van der Waals surface area contributed by atoms with E-state index in [4.69, 9.17) is 14.8 Å². The van der Waals surface area contributed by atoms with Crippen molar-refractivity contribution in [1.82, 2.24) is 9.80 Å². The van der Waals surface area contributed by atoms with Crippen molar-refractivity contribution in [2.45, 2.75) is 85.8 Å². The van der Waals surface area contributed by atoms with Crippen LogP contribution in [0.4, 0.5) is 0 Å². The summed E-state index contributed by atoms with van der Waals surface area (Å²) < 4.78 is 0. The molecule has 1 unspecified atom stereocenters. The predicted molar refractivity (Wildman–Crippen MR) is 120 cm³/mol. The second-order valence-corrected chi connectivity index (χ2v) is 10.5. The lowest BCUT2D eigenvalue weighted by molar-refractivity contribution is -0.519. The highest BCUT2D eigenvalue weighted by molar-refractivity contribution is 6.17. The zero-order valence-corrected chi connectivity index (χ0v) is 20.9. The molecule has 2 aliphatic heterocycles. The molecule has 0 saturated heterocycles. The molecule has 4 amide bonds. The fourth-order valence-electron chi connectivity index (χ4n) is 4.22. The number of nitrogens with zero attached hydrogens (tertiary/aromatic N) is 2. The van der Waals surface area contributed by atoms with E-state index in [-0.39, 0.29) is 35.8 Å². The Bertz CT molecular complexity index is 926. The van der Waals surface area contributed by atoms with Crippen LogP contribution >= 0.6 is 0 Å². The summed E-state index contributed by atoms with van der Waals surface area (Å²) in [4.78, 5) is 73.5. The average molecular weight is 479 g/mol. The molecule has 34 heavy (non-hydrogen) atoms. The standard InChI is InChI=1S/C24H34N2O8/c1-15-12-18(27)25(20(15)29)11-9-8-10-17(26-19(28)13-16(2)21(26)30)22(31)32-34-33-24(6,7)14-23(3,4)5/h12-13,17H,8-11,14H2,1-7H3. The molecule has 0 aromatic heterocycles. The van der Waals surface area contributed by atoms with Crippen molar-refractivity contribution in [2.75, 3.05) is 6.54 Å². The summed E-state index contributed by atoms with van der Waals surface area (Å²) in [5, 5.41) is 4.75. The van der Waals surface area contributed by atoms with Gasteiger partial charge in [-0.1, -0.05) is 20.8 Å². The Balaban J connectivity index is 1.98. The summed E-state index contributed by atoms with van der Waals surface area (Å²) in [6, 6.07) is -1.24. The number of unbranched alkanes of at least 4 members (excludes halogenated alkanes) is 1. The summed E-state index contributed by atoms with van der Waals surface area (Å²) in [6.45, 7) is 12.9.